The average Bonchev–Trinajstić information content (AvgIpc) is 2.83. The number of aryl methyl sites for hydroxylation is 1. The van der Waals surface area contributed by atoms with Crippen molar-refractivity contribution in [1.29, 1.82) is 0 Å². The van der Waals surface area contributed by atoms with Gasteiger partial charge >= 0.3 is 0 Å². The van der Waals surface area contributed by atoms with Gasteiger partial charge in [-0.2, -0.15) is 0 Å². The van der Waals surface area contributed by atoms with E-state index < -0.39 is 0 Å². The number of hydrogen-bond acceptors (Lipinski definition) is 3. The highest BCUT2D eigenvalue weighted by Crippen LogP contribution is 2.31. The zero-order valence-corrected chi connectivity index (χ0v) is 10.7. The van der Waals surface area contributed by atoms with Crippen molar-refractivity contribution in [3.63, 3.8) is 0 Å². The Morgan fingerprint density at radius 3 is 2.83 bits per heavy atom. The average molecular weight is 269 g/mol. The summed E-state index contributed by atoms with van der Waals surface area (Å²) < 4.78 is 18.7. The van der Waals surface area contributed by atoms with Crippen LogP contribution in [-0.2, 0) is 6.42 Å². The van der Waals surface area contributed by atoms with Crippen molar-refractivity contribution in [2.75, 3.05) is 0 Å². The molecule has 1 aromatic heterocycles. The van der Waals surface area contributed by atoms with E-state index in [0.717, 1.165) is 17.7 Å². The lowest BCUT2D eigenvalue weighted by Crippen LogP contribution is -2.29. The first-order valence-corrected chi connectivity index (χ1v) is 6.02. The third-order valence-corrected chi connectivity index (χ3v) is 3.19. The maximum Gasteiger partial charge on any atom is 0.123 e. The van der Waals surface area contributed by atoms with Crippen LogP contribution < -0.4 is 11.3 Å². The summed E-state index contributed by atoms with van der Waals surface area (Å²) in [6, 6.07) is 5.63. The number of hydrogen-bond donors (Lipinski definition) is 2. The second-order valence-electron chi connectivity index (χ2n) is 3.92. The van der Waals surface area contributed by atoms with Crippen LogP contribution >= 0.6 is 11.6 Å². The number of nitrogens with two attached hydrogens (primary N) is 1. The van der Waals surface area contributed by atoms with Crippen molar-refractivity contribution in [3.05, 3.63) is 58.3 Å². The molecule has 1 atom stereocenters. The van der Waals surface area contributed by atoms with Crippen LogP contribution in [0.4, 0.5) is 4.39 Å². The summed E-state index contributed by atoms with van der Waals surface area (Å²) in [6.07, 6.45) is 2.32. The molecule has 96 valence electrons. The smallest absolute Gasteiger partial charge is 0.123 e. The molecule has 0 bridgehead atoms. The highest BCUT2D eigenvalue weighted by Gasteiger charge is 2.20. The molecule has 0 saturated carbocycles. The number of furan rings is 1. The molecule has 0 aliphatic carbocycles. The first-order chi connectivity index (χ1) is 8.67. The normalized spacial score (nSPS) is 12.7. The van der Waals surface area contributed by atoms with Crippen LogP contribution in [-0.4, -0.2) is 0 Å². The molecule has 2 rings (SSSR count). The van der Waals surface area contributed by atoms with E-state index >= 15 is 0 Å². The van der Waals surface area contributed by atoms with Gasteiger partial charge in [-0.1, -0.05) is 18.5 Å². The maximum absolute atomic E-state index is 13.3. The Labute approximate surface area is 110 Å². The van der Waals surface area contributed by atoms with E-state index in [9.17, 15) is 4.39 Å². The van der Waals surface area contributed by atoms with Gasteiger partial charge in [0, 0.05) is 17.0 Å². The Bertz CT molecular complexity index is 542. The lowest BCUT2D eigenvalue weighted by Gasteiger charge is -2.17. The molecular formula is C13H14ClFN2O. The summed E-state index contributed by atoms with van der Waals surface area (Å²) in [7, 11) is 0. The van der Waals surface area contributed by atoms with Gasteiger partial charge < -0.3 is 4.42 Å². The van der Waals surface area contributed by atoms with Gasteiger partial charge in [-0.3, -0.25) is 5.84 Å². The molecule has 1 heterocycles. The van der Waals surface area contributed by atoms with Crippen LogP contribution in [0.5, 0.6) is 0 Å². The quantitative estimate of drug-likeness (QED) is 0.661. The monoisotopic (exact) mass is 268 g/mol. The molecule has 3 N–H and O–H groups in total. The summed E-state index contributed by atoms with van der Waals surface area (Å²) in [5, 5.41) is 0.461. The minimum absolute atomic E-state index is 0.351. The lowest BCUT2D eigenvalue weighted by molar-refractivity contribution is 0.501. The van der Waals surface area contributed by atoms with Gasteiger partial charge in [0.25, 0.3) is 0 Å². The largest absolute Gasteiger partial charge is 0.469 e. The molecule has 0 radical (unpaired) electrons. The van der Waals surface area contributed by atoms with Crippen molar-refractivity contribution in [1.82, 2.24) is 5.43 Å². The second-order valence-corrected chi connectivity index (χ2v) is 4.33. The Kier molecular flexibility index (Phi) is 4.01. The SMILES string of the molecule is CCc1occc1C(NN)c1cc(F)ccc1Cl. The lowest BCUT2D eigenvalue weighted by atomic mass is 9.98. The minimum Gasteiger partial charge on any atom is -0.469 e. The Morgan fingerprint density at radius 1 is 1.39 bits per heavy atom. The van der Waals surface area contributed by atoms with E-state index in [-0.39, 0.29) is 11.9 Å². The van der Waals surface area contributed by atoms with Crippen LogP contribution in [0.15, 0.2) is 34.9 Å². The molecule has 0 saturated heterocycles. The van der Waals surface area contributed by atoms with Crippen LogP contribution in [0.1, 0.15) is 29.9 Å². The maximum atomic E-state index is 13.3. The summed E-state index contributed by atoms with van der Waals surface area (Å²) >= 11 is 6.09. The molecule has 2 aromatic rings. The third kappa shape index (κ3) is 2.41. The zero-order chi connectivity index (χ0) is 13.1. The number of nitrogens with one attached hydrogen (secondary N) is 1. The molecule has 0 aliphatic heterocycles. The van der Waals surface area contributed by atoms with Crippen molar-refractivity contribution in [3.8, 4) is 0 Å². The number of halogens is 2. The van der Waals surface area contributed by atoms with E-state index in [1.165, 1.54) is 18.2 Å². The molecule has 1 aromatic carbocycles. The predicted molar refractivity (Wildman–Crippen MR) is 68.7 cm³/mol. The molecule has 5 heteroatoms. The second kappa shape index (κ2) is 5.52. The van der Waals surface area contributed by atoms with Crippen LogP contribution in [0.2, 0.25) is 5.02 Å². The predicted octanol–water partition coefficient (Wildman–Crippen LogP) is 3.19. The highest BCUT2D eigenvalue weighted by molar-refractivity contribution is 6.31. The fraction of sp³-hybridized carbons (Fsp3) is 0.231. The summed E-state index contributed by atoms with van der Waals surface area (Å²) in [6.45, 7) is 1.98. The van der Waals surface area contributed by atoms with Gasteiger partial charge in [0.2, 0.25) is 0 Å². The zero-order valence-electron chi connectivity index (χ0n) is 9.91. The highest BCUT2D eigenvalue weighted by atomic mass is 35.5. The van der Waals surface area contributed by atoms with E-state index in [1.54, 1.807) is 6.26 Å². The fourth-order valence-electron chi connectivity index (χ4n) is 1.98. The molecule has 1 unspecified atom stereocenters. The van der Waals surface area contributed by atoms with Gasteiger partial charge in [0.1, 0.15) is 11.6 Å². The first-order valence-electron chi connectivity index (χ1n) is 5.64. The molecule has 18 heavy (non-hydrogen) atoms. The molecule has 0 amide bonds. The minimum atomic E-state index is -0.387. The molecular weight excluding hydrogens is 255 g/mol. The van der Waals surface area contributed by atoms with Crippen molar-refractivity contribution >= 4 is 11.6 Å². The van der Waals surface area contributed by atoms with Crippen molar-refractivity contribution < 1.29 is 8.81 Å². The Morgan fingerprint density at radius 2 is 2.17 bits per heavy atom. The van der Waals surface area contributed by atoms with Gasteiger partial charge in [0.15, 0.2) is 0 Å². The van der Waals surface area contributed by atoms with Gasteiger partial charge in [0.05, 0.1) is 12.3 Å². The van der Waals surface area contributed by atoms with Gasteiger partial charge in [-0.15, -0.1) is 0 Å². The number of rotatable bonds is 4. The van der Waals surface area contributed by atoms with E-state index in [4.69, 9.17) is 21.9 Å². The van der Waals surface area contributed by atoms with Crippen LogP contribution in [0.25, 0.3) is 0 Å². The Hall–Kier alpha value is -1.36. The van der Waals surface area contributed by atoms with E-state index in [0.29, 0.717) is 10.6 Å². The Balaban J connectivity index is 2.48. The molecule has 0 fully saturated rings. The summed E-state index contributed by atoms with van der Waals surface area (Å²) in [5.41, 5.74) is 4.11. The van der Waals surface area contributed by atoms with E-state index in [2.05, 4.69) is 5.43 Å². The topological polar surface area (TPSA) is 51.2 Å². The molecule has 0 spiro atoms. The van der Waals surface area contributed by atoms with Gasteiger partial charge in [-0.25, -0.2) is 9.82 Å². The fourth-order valence-corrected chi connectivity index (χ4v) is 2.20. The molecule has 0 aliphatic rings. The molecule has 3 nitrogen and oxygen atoms in total. The summed E-state index contributed by atoms with van der Waals surface area (Å²) in [5.74, 6) is 6.02. The summed E-state index contributed by atoms with van der Waals surface area (Å²) in [4.78, 5) is 0. The standard InChI is InChI=1S/C13H14ClFN2O/c1-2-12-9(5-6-18-12)13(17-16)10-7-8(15)3-4-11(10)14/h3-7,13,17H,2,16H2,1H3. The van der Waals surface area contributed by atoms with Gasteiger partial charge in [-0.05, 0) is 29.8 Å². The first kappa shape index (κ1) is 13.1. The van der Waals surface area contributed by atoms with Crippen LogP contribution in [0, 0.1) is 5.82 Å². The van der Waals surface area contributed by atoms with Crippen molar-refractivity contribution in [2.45, 2.75) is 19.4 Å². The van der Waals surface area contributed by atoms with E-state index in [1.807, 2.05) is 13.0 Å². The number of hydrazine groups is 1. The van der Waals surface area contributed by atoms with Crippen LogP contribution in [0.3, 0.4) is 0 Å². The van der Waals surface area contributed by atoms with Crippen molar-refractivity contribution in [2.24, 2.45) is 5.84 Å². The number of benzene rings is 1. The third-order valence-electron chi connectivity index (χ3n) is 2.85.